The van der Waals surface area contributed by atoms with Gasteiger partial charge in [0.1, 0.15) is 0 Å². The molecule has 2 aromatic rings. The summed E-state index contributed by atoms with van der Waals surface area (Å²) >= 11 is 5.53. The third kappa shape index (κ3) is 6.14. The fraction of sp³-hybridized carbons (Fsp3) is 0.536. The Kier molecular flexibility index (Phi) is 7.60. The first-order valence-electron chi connectivity index (χ1n) is 12.8. The second-order valence-corrected chi connectivity index (χ2v) is 10.7. The van der Waals surface area contributed by atoms with E-state index in [0.717, 1.165) is 35.1 Å². The van der Waals surface area contributed by atoms with Gasteiger partial charge in [0.05, 0.1) is 0 Å². The number of piperidine rings is 4. The number of likely N-dealkylation sites (tertiary alicyclic amines) is 1. The predicted molar refractivity (Wildman–Crippen MR) is 142 cm³/mol. The molecule has 2 aromatic carbocycles. The van der Waals surface area contributed by atoms with Crippen molar-refractivity contribution in [1.29, 1.82) is 0 Å². The van der Waals surface area contributed by atoms with Crippen molar-refractivity contribution in [3.05, 3.63) is 66.2 Å². The van der Waals surface area contributed by atoms with Gasteiger partial charge in [0.2, 0.25) is 0 Å². The summed E-state index contributed by atoms with van der Waals surface area (Å²) in [6.07, 6.45) is 6.65. The summed E-state index contributed by atoms with van der Waals surface area (Å²) in [5, 5.41) is 7.51. The first kappa shape index (κ1) is 22.8. The first-order valence-corrected chi connectivity index (χ1v) is 13.2. The molecule has 4 nitrogen and oxygen atoms in total. The van der Waals surface area contributed by atoms with Gasteiger partial charge in [-0.2, -0.15) is 0 Å². The van der Waals surface area contributed by atoms with E-state index >= 15 is 0 Å². The van der Waals surface area contributed by atoms with Gasteiger partial charge in [-0.3, -0.25) is 4.90 Å². The van der Waals surface area contributed by atoms with Crippen LogP contribution in [0.15, 0.2) is 60.7 Å². The molecule has 0 aliphatic carbocycles. The highest BCUT2D eigenvalue weighted by Gasteiger charge is 2.40. The van der Waals surface area contributed by atoms with Gasteiger partial charge in [0, 0.05) is 31.4 Å². The van der Waals surface area contributed by atoms with Crippen molar-refractivity contribution >= 4 is 23.0 Å². The van der Waals surface area contributed by atoms with Crippen molar-refractivity contribution in [1.82, 2.24) is 15.1 Å². The molecule has 4 fully saturated rings. The van der Waals surface area contributed by atoms with Crippen LogP contribution in [0.25, 0.3) is 0 Å². The van der Waals surface area contributed by atoms with Crippen LogP contribution < -0.4 is 10.6 Å². The Balaban J connectivity index is 1.04. The van der Waals surface area contributed by atoms with Crippen LogP contribution in [0.4, 0.5) is 5.69 Å². The van der Waals surface area contributed by atoms with E-state index < -0.39 is 0 Å². The molecular weight excluding hydrogens is 424 g/mol. The molecule has 5 heteroatoms. The number of para-hydroxylation sites is 1. The van der Waals surface area contributed by atoms with Crippen molar-refractivity contribution in [2.45, 2.75) is 38.1 Å². The Morgan fingerprint density at radius 2 is 1.64 bits per heavy atom. The number of fused-ring (bicyclic) bond motifs is 3. The molecule has 33 heavy (non-hydrogen) atoms. The molecule has 0 radical (unpaired) electrons. The third-order valence-electron chi connectivity index (χ3n) is 8.11. The molecule has 4 atom stereocenters. The van der Waals surface area contributed by atoms with Crippen LogP contribution in [-0.4, -0.2) is 60.2 Å². The molecule has 1 unspecified atom stereocenters. The minimum Gasteiger partial charge on any atom is -0.361 e. The Hall–Kier alpha value is -1.95. The number of hydrogen-bond donors (Lipinski definition) is 2. The zero-order valence-corrected chi connectivity index (χ0v) is 20.5. The smallest absolute Gasteiger partial charge is 0.170 e. The number of nitrogens with zero attached hydrogens (tertiary/aromatic N) is 2. The van der Waals surface area contributed by atoms with Crippen LogP contribution >= 0.6 is 12.2 Å². The van der Waals surface area contributed by atoms with E-state index in [1.54, 1.807) is 0 Å². The highest BCUT2D eigenvalue weighted by atomic mass is 32.1. The van der Waals surface area contributed by atoms with E-state index in [1.165, 1.54) is 70.4 Å². The maximum absolute atomic E-state index is 5.53. The summed E-state index contributed by atoms with van der Waals surface area (Å²) in [4.78, 5) is 5.49. The van der Waals surface area contributed by atoms with Crippen molar-refractivity contribution in [2.75, 3.05) is 44.6 Å². The number of hydrogen-bond acceptors (Lipinski definition) is 3. The first-order chi connectivity index (χ1) is 16.2. The molecule has 4 aliphatic heterocycles. The lowest BCUT2D eigenvalue weighted by molar-refractivity contribution is -0.0141. The number of nitrogens with one attached hydrogen (secondary N) is 2. The van der Waals surface area contributed by atoms with Crippen molar-refractivity contribution in [3.8, 4) is 0 Å². The van der Waals surface area contributed by atoms with E-state index in [9.17, 15) is 0 Å². The molecule has 0 aromatic heterocycles. The minimum atomic E-state index is 0.618. The van der Waals surface area contributed by atoms with Gasteiger partial charge in [-0.15, -0.1) is 0 Å². The molecule has 176 valence electrons. The summed E-state index contributed by atoms with van der Waals surface area (Å²) in [5.41, 5.74) is 2.56. The molecule has 0 saturated carbocycles. The SMILES string of the molecule is S=C(NC[C@H]1C[C@@H]2CCN1C[C@H]2CN1CCC(Cc2ccccc2)CC1)Nc1ccccc1. The minimum absolute atomic E-state index is 0.618. The van der Waals surface area contributed by atoms with E-state index in [2.05, 4.69) is 62.9 Å². The average molecular weight is 463 g/mol. The van der Waals surface area contributed by atoms with E-state index in [0.29, 0.717) is 6.04 Å². The molecule has 2 bridgehead atoms. The predicted octanol–water partition coefficient (Wildman–Crippen LogP) is 4.64. The summed E-state index contributed by atoms with van der Waals surface area (Å²) < 4.78 is 0. The van der Waals surface area contributed by atoms with Crippen LogP contribution in [0.5, 0.6) is 0 Å². The lowest BCUT2D eigenvalue weighted by atomic mass is 9.75. The monoisotopic (exact) mass is 462 g/mol. The third-order valence-corrected chi connectivity index (χ3v) is 8.36. The van der Waals surface area contributed by atoms with Crippen LogP contribution in [0.1, 0.15) is 31.2 Å². The van der Waals surface area contributed by atoms with E-state index in [1.807, 2.05) is 18.2 Å². The lowest BCUT2D eigenvalue weighted by Gasteiger charge is -2.51. The maximum atomic E-state index is 5.53. The van der Waals surface area contributed by atoms with Crippen LogP contribution in [0.3, 0.4) is 0 Å². The fourth-order valence-corrected chi connectivity index (χ4v) is 6.43. The Morgan fingerprint density at radius 1 is 0.909 bits per heavy atom. The number of rotatable bonds is 7. The average Bonchev–Trinajstić information content (AvgIpc) is 2.86. The molecule has 4 saturated heterocycles. The summed E-state index contributed by atoms with van der Waals surface area (Å²) in [5.74, 6) is 2.58. The van der Waals surface area contributed by atoms with Crippen molar-refractivity contribution < 1.29 is 0 Å². The zero-order chi connectivity index (χ0) is 22.5. The van der Waals surface area contributed by atoms with Gasteiger partial charge in [-0.25, -0.2) is 0 Å². The van der Waals surface area contributed by atoms with Gasteiger partial charge in [0.25, 0.3) is 0 Å². The van der Waals surface area contributed by atoms with Crippen LogP contribution in [-0.2, 0) is 6.42 Å². The van der Waals surface area contributed by atoms with E-state index in [4.69, 9.17) is 12.2 Å². The molecule has 4 aliphatic rings. The normalized spacial score (nSPS) is 27.9. The fourth-order valence-electron chi connectivity index (χ4n) is 6.23. The van der Waals surface area contributed by atoms with Gasteiger partial charge >= 0.3 is 0 Å². The van der Waals surface area contributed by atoms with Gasteiger partial charge < -0.3 is 15.5 Å². The van der Waals surface area contributed by atoms with Crippen molar-refractivity contribution in [2.24, 2.45) is 17.8 Å². The topological polar surface area (TPSA) is 30.5 Å². The quantitative estimate of drug-likeness (QED) is 0.586. The molecule has 0 amide bonds. The van der Waals surface area contributed by atoms with Gasteiger partial charge in [-0.1, -0.05) is 48.5 Å². The lowest BCUT2D eigenvalue weighted by Crippen LogP contribution is -2.58. The standard InChI is InChI=1S/C28H38N4S/c33-28(30-26-9-5-2-6-10-26)29-19-27-18-24-13-16-32(27)21-25(24)20-31-14-11-23(12-15-31)17-22-7-3-1-4-8-22/h1-10,23-25,27H,11-21H2,(H2,29,30,33)/t24-,25+,27+/m0/s1. The highest BCUT2D eigenvalue weighted by molar-refractivity contribution is 7.80. The summed E-state index contributed by atoms with van der Waals surface area (Å²) in [6.45, 7) is 7.34. The Morgan fingerprint density at radius 3 is 2.33 bits per heavy atom. The molecule has 2 N–H and O–H groups in total. The molecule has 0 spiro atoms. The second-order valence-electron chi connectivity index (χ2n) is 10.3. The van der Waals surface area contributed by atoms with Gasteiger partial charge in [-0.05, 0) is 99.4 Å². The number of anilines is 1. The van der Waals surface area contributed by atoms with Gasteiger partial charge in [0.15, 0.2) is 5.11 Å². The van der Waals surface area contributed by atoms with Crippen LogP contribution in [0, 0.1) is 17.8 Å². The largest absolute Gasteiger partial charge is 0.361 e. The zero-order valence-electron chi connectivity index (χ0n) is 19.7. The molecule has 6 rings (SSSR count). The molecular formula is C28H38N4S. The maximum Gasteiger partial charge on any atom is 0.170 e. The number of thiocarbonyl (C=S) groups is 1. The Bertz CT molecular complexity index is 881. The number of benzene rings is 2. The summed E-state index contributed by atoms with van der Waals surface area (Å²) in [7, 11) is 0. The Labute approximate surface area is 204 Å². The second kappa shape index (κ2) is 11.0. The van der Waals surface area contributed by atoms with Crippen LogP contribution in [0.2, 0.25) is 0 Å². The van der Waals surface area contributed by atoms with E-state index in [-0.39, 0.29) is 0 Å². The van der Waals surface area contributed by atoms with Crippen molar-refractivity contribution in [3.63, 3.8) is 0 Å². The highest BCUT2D eigenvalue weighted by Crippen LogP contribution is 2.37. The summed E-state index contributed by atoms with van der Waals surface area (Å²) in [6, 6.07) is 21.8. The molecule has 4 heterocycles.